The minimum absolute atomic E-state index is 0.0162. The topological polar surface area (TPSA) is 76.0 Å². The molecule has 0 atom stereocenters. The lowest BCUT2D eigenvalue weighted by Gasteiger charge is -2.04. The van der Waals surface area contributed by atoms with E-state index >= 15 is 0 Å². The third-order valence-corrected chi connectivity index (χ3v) is 2.29. The van der Waals surface area contributed by atoms with E-state index in [1.807, 2.05) is 19.1 Å². The molecular weight excluding hydrogens is 218 g/mol. The Kier molecular flexibility index (Phi) is 2.82. The fourth-order valence-corrected chi connectivity index (χ4v) is 1.50. The Morgan fingerprint density at radius 2 is 2.06 bits per heavy atom. The summed E-state index contributed by atoms with van der Waals surface area (Å²) in [6.07, 6.45) is 1.63. The van der Waals surface area contributed by atoms with Crippen molar-refractivity contribution in [3.63, 3.8) is 0 Å². The van der Waals surface area contributed by atoms with Crippen LogP contribution in [-0.4, -0.2) is 26.0 Å². The highest BCUT2D eigenvalue weighted by atomic mass is 16.4. The maximum Gasteiger partial charge on any atom is 0.354 e. The first kappa shape index (κ1) is 11.2. The van der Waals surface area contributed by atoms with Crippen molar-refractivity contribution in [3.8, 4) is 11.5 Å². The lowest BCUT2D eigenvalue weighted by Crippen LogP contribution is -2.05. The van der Waals surface area contributed by atoms with E-state index in [0.717, 1.165) is 5.56 Å². The summed E-state index contributed by atoms with van der Waals surface area (Å²) in [4.78, 5) is 23.3. The van der Waals surface area contributed by atoms with Crippen molar-refractivity contribution >= 4 is 5.97 Å². The Bertz CT molecular complexity index is 582. The van der Waals surface area contributed by atoms with Crippen LogP contribution >= 0.6 is 0 Å². The fraction of sp³-hybridized carbons (Fsp3) is 0.167. The van der Waals surface area contributed by atoms with Crippen LogP contribution in [0.4, 0.5) is 0 Å². The maximum atomic E-state index is 10.9. The lowest BCUT2D eigenvalue weighted by atomic mass is 10.2. The van der Waals surface area contributed by atoms with Crippen molar-refractivity contribution in [2.75, 3.05) is 0 Å². The van der Waals surface area contributed by atoms with Gasteiger partial charge in [-0.3, -0.25) is 4.98 Å². The number of nitrogens with zero attached hydrogens (tertiary/aromatic N) is 3. The number of aromatic carboxylic acids is 1. The zero-order chi connectivity index (χ0) is 12.4. The number of aromatic nitrogens is 3. The average Bonchev–Trinajstić information content (AvgIpc) is 2.28. The highest BCUT2D eigenvalue weighted by Crippen LogP contribution is 2.17. The van der Waals surface area contributed by atoms with Gasteiger partial charge in [0.15, 0.2) is 11.5 Å². The molecule has 17 heavy (non-hydrogen) atoms. The van der Waals surface area contributed by atoms with Gasteiger partial charge in [0.2, 0.25) is 0 Å². The molecule has 2 aromatic rings. The zero-order valence-corrected chi connectivity index (χ0v) is 9.51. The molecule has 0 saturated carbocycles. The number of carboxylic acids is 1. The van der Waals surface area contributed by atoms with E-state index in [2.05, 4.69) is 15.0 Å². The molecule has 0 radical (unpaired) electrons. The molecule has 2 heterocycles. The van der Waals surface area contributed by atoms with Crippen molar-refractivity contribution in [3.05, 3.63) is 41.3 Å². The normalized spacial score (nSPS) is 10.2. The molecule has 5 heteroatoms. The first-order valence-electron chi connectivity index (χ1n) is 5.09. The Morgan fingerprint density at radius 1 is 1.29 bits per heavy atom. The van der Waals surface area contributed by atoms with Gasteiger partial charge in [-0.05, 0) is 31.5 Å². The second-order valence-corrected chi connectivity index (χ2v) is 3.69. The van der Waals surface area contributed by atoms with E-state index in [1.54, 1.807) is 13.1 Å². The Morgan fingerprint density at radius 3 is 2.71 bits per heavy atom. The molecule has 0 aromatic carbocycles. The van der Waals surface area contributed by atoms with Crippen LogP contribution in [0.2, 0.25) is 0 Å². The van der Waals surface area contributed by atoms with Gasteiger partial charge >= 0.3 is 5.97 Å². The summed E-state index contributed by atoms with van der Waals surface area (Å²) in [7, 11) is 0. The van der Waals surface area contributed by atoms with Gasteiger partial charge < -0.3 is 5.11 Å². The standard InChI is InChI=1S/C12H11N3O2/c1-7-4-3-5-13-10(7)11-14-8(2)6-9(15-11)12(16)17/h3-6H,1-2H3,(H,16,17). The minimum atomic E-state index is -1.06. The van der Waals surface area contributed by atoms with Crippen LogP contribution in [0, 0.1) is 13.8 Å². The van der Waals surface area contributed by atoms with Crippen molar-refractivity contribution in [1.82, 2.24) is 15.0 Å². The van der Waals surface area contributed by atoms with Gasteiger partial charge in [-0.2, -0.15) is 0 Å². The van der Waals surface area contributed by atoms with Gasteiger partial charge in [0.05, 0.1) is 0 Å². The first-order valence-corrected chi connectivity index (χ1v) is 5.09. The highest BCUT2D eigenvalue weighted by molar-refractivity contribution is 5.85. The molecule has 0 amide bonds. The number of hydrogen-bond donors (Lipinski definition) is 1. The van der Waals surface area contributed by atoms with Crippen molar-refractivity contribution in [1.29, 1.82) is 0 Å². The van der Waals surface area contributed by atoms with Crippen LogP contribution in [-0.2, 0) is 0 Å². The highest BCUT2D eigenvalue weighted by Gasteiger charge is 2.12. The van der Waals surface area contributed by atoms with E-state index in [-0.39, 0.29) is 5.69 Å². The summed E-state index contributed by atoms with van der Waals surface area (Å²) in [5, 5.41) is 8.94. The second kappa shape index (κ2) is 4.29. The molecule has 0 spiro atoms. The molecule has 2 aromatic heterocycles. The summed E-state index contributed by atoms with van der Waals surface area (Å²) in [5.41, 5.74) is 2.11. The molecule has 1 N–H and O–H groups in total. The number of aryl methyl sites for hydroxylation is 2. The smallest absolute Gasteiger partial charge is 0.354 e. The molecule has 0 unspecified atom stereocenters. The van der Waals surface area contributed by atoms with E-state index in [0.29, 0.717) is 17.2 Å². The Hall–Kier alpha value is -2.30. The van der Waals surface area contributed by atoms with Gasteiger partial charge in [0, 0.05) is 11.9 Å². The van der Waals surface area contributed by atoms with E-state index in [4.69, 9.17) is 5.11 Å². The summed E-state index contributed by atoms with van der Waals surface area (Å²) in [6, 6.07) is 5.13. The minimum Gasteiger partial charge on any atom is -0.477 e. The van der Waals surface area contributed by atoms with Crippen LogP contribution < -0.4 is 0 Å². The van der Waals surface area contributed by atoms with Gasteiger partial charge in [-0.1, -0.05) is 6.07 Å². The van der Waals surface area contributed by atoms with Gasteiger partial charge in [-0.15, -0.1) is 0 Å². The van der Waals surface area contributed by atoms with Gasteiger partial charge in [0.1, 0.15) is 5.69 Å². The third-order valence-electron chi connectivity index (χ3n) is 2.29. The fourth-order valence-electron chi connectivity index (χ4n) is 1.50. The maximum absolute atomic E-state index is 10.9. The molecule has 0 saturated heterocycles. The van der Waals surface area contributed by atoms with Gasteiger partial charge in [-0.25, -0.2) is 14.8 Å². The molecule has 0 bridgehead atoms. The number of carboxylic acid groups (broad SMARTS) is 1. The predicted molar refractivity (Wildman–Crippen MR) is 61.7 cm³/mol. The third kappa shape index (κ3) is 2.28. The van der Waals surface area contributed by atoms with E-state index in [9.17, 15) is 4.79 Å². The average molecular weight is 229 g/mol. The monoisotopic (exact) mass is 229 g/mol. The molecule has 2 rings (SSSR count). The number of carbonyl (C=O) groups is 1. The summed E-state index contributed by atoms with van der Waals surface area (Å²) in [6.45, 7) is 3.62. The molecule has 86 valence electrons. The van der Waals surface area contributed by atoms with Crippen molar-refractivity contribution in [2.45, 2.75) is 13.8 Å². The summed E-state index contributed by atoms with van der Waals surface area (Å²) >= 11 is 0. The molecule has 5 nitrogen and oxygen atoms in total. The molecule has 0 aliphatic rings. The van der Waals surface area contributed by atoms with Crippen molar-refractivity contribution in [2.24, 2.45) is 0 Å². The number of pyridine rings is 1. The largest absolute Gasteiger partial charge is 0.477 e. The number of rotatable bonds is 2. The van der Waals surface area contributed by atoms with Gasteiger partial charge in [0.25, 0.3) is 0 Å². The second-order valence-electron chi connectivity index (χ2n) is 3.69. The Labute approximate surface area is 98.2 Å². The van der Waals surface area contributed by atoms with Crippen LogP contribution in [0.3, 0.4) is 0 Å². The molecule has 0 aliphatic carbocycles. The lowest BCUT2D eigenvalue weighted by molar-refractivity contribution is 0.0690. The Balaban J connectivity index is 2.60. The molecule has 0 aliphatic heterocycles. The predicted octanol–water partition coefficient (Wildman–Crippen LogP) is 1.85. The number of hydrogen-bond acceptors (Lipinski definition) is 4. The van der Waals surface area contributed by atoms with E-state index < -0.39 is 5.97 Å². The summed E-state index contributed by atoms with van der Waals surface area (Å²) < 4.78 is 0. The molecular formula is C12H11N3O2. The first-order chi connectivity index (χ1) is 8.08. The van der Waals surface area contributed by atoms with Crippen LogP contribution in [0.15, 0.2) is 24.4 Å². The van der Waals surface area contributed by atoms with Crippen LogP contribution in [0.5, 0.6) is 0 Å². The zero-order valence-electron chi connectivity index (χ0n) is 9.51. The van der Waals surface area contributed by atoms with Crippen LogP contribution in [0.1, 0.15) is 21.7 Å². The quantitative estimate of drug-likeness (QED) is 0.850. The SMILES string of the molecule is Cc1cc(C(=O)O)nc(-c2ncccc2C)n1. The van der Waals surface area contributed by atoms with E-state index in [1.165, 1.54) is 6.07 Å². The molecule has 0 fully saturated rings. The summed E-state index contributed by atoms with van der Waals surface area (Å²) in [5.74, 6) is -0.717. The van der Waals surface area contributed by atoms with Crippen molar-refractivity contribution < 1.29 is 9.90 Å². The van der Waals surface area contributed by atoms with Crippen LogP contribution in [0.25, 0.3) is 11.5 Å².